The number of hydrogen-bond donors (Lipinski definition) is 0. The summed E-state index contributed by atoms with van der Waals surface area (Å²) in [6.07, 6.45) is -0.914. The van der Waals surface area contributed by atoms with Gasteiger partial charge in [0.1, 0.15) is 5.69 Å². The first kappa shape index (κ1) is 15.6. The van der Waals surface area contributed by atoms with E-state index in [0.29, 0.717) is 11.4 Å². The molecule has 0 atom stereocenters. The summed E-state index contributed by atoms with van der Waals surface area (Å²) in [7, 11) is 0. The second-order valence-corrected chi connectivity index (χ2v) is 6.35. The summed E-state index contributed by atoms with van der Waals surface area (Å²) in [5, 5.41) is 15.3. The summed E-state index contributed by atoms with van der Waals surface area (Å²) in [6.45, 7) is 0.514. The summed E-state index contributed by atoms with van der Waals surface area (Å²) in [5.41, 5.74) is 1.78. The maximum Gasteiger partial charge on any atom is 0.314 e. The maximum atomic E-state index is 12.5. The first-order valence-electron chi connectivity index (χ1n) is 7.35. The van der Waals surface area contributed by atoms with E-state index in [-0.39, 0.29) is 5.89 Å². The molecule has 0 amide bonds. The van der Waals surface area contributed by atoms with Gasteiger partial charge in [-0.3, -0.25) is 0 Å². The molecule has 9 heteroatoms. The summed E-state index contributed by atoms with van der Waals surface area (Å²) < 4.78 is 31.7. The molecule has 3 aromatic heterocycles. The number of thiophene rings is 1. The minimum Gasteiger partial charge on any atom is -0.414 e. The molecule has 0 unspecified atom stereocenters. The minimum atomic E-state index is -2.77. The molecule has 25 heavy (non-hydrogen) atoms. The largest absolute Gasteiger partial charge is 0.414 e. The minimum absolute atomic E-state index is 0.0927. The molecular weight excluding hydrogens is 348 g/mol. The van der Waals surface area contributed by atoms with Crippen molar-refractivity contribution in [2.24, 2.45) is 0 Å². The van der Waals surface area contributed by atoms with E-state index in [2.05, 4.69) is 20.5 Å². The van der Waals surface area contributed by atoms with E-state index in [1.165, 1.54) is 11.3 Å². The molecule has 1 aromatic carbocycles. The van der Waals surface area contributed by atoms with E-state index in [4.69, 9.17) is 4.42 Å². The van der Waals surface area contributed by atoms with Gasteiger partial charge in [-0.15, -0.1) is 26.6 Å². The molecule has 4 aromatic rings. The lowest BCUT2D eigenvalue weighted by atomic mass is 10.2. The Labute approximate surface area is 144 Å². The van der Waals surface area contributed by atoms with Crippen molar-refractivity contribution < 1.29 is 13.2 Å². The van der Waals surface area contributed by atoms with Gasteiger partial charge >= 0.3 is 6.43 Å². The third-order valence-electron chi connectivity index (χ3n) is 3.43. The Morgan fingerprint density at radius 3 is 2.64 bits per heavy atom. The van der Waals surface area contributed by atoms with E-state index >= 15 is 0 Å². The van der Waals surface area contributed by atoms with Gasteiger partial charge in [-0.2, -0.15) is 8.78 Å². The Morgan fingerprint density at radius 2 is 1.88 bits per heavy atom. The van der Waals surface area contributed by atoms with Crippen LogP contribution in [0.1, 0.15) is 17.2 Å². The molecule has 0 aliphatic heterocycles. The molecule has 4 rings (SSSR count). The van der Waals surface area contributed by atoms with Crippen LogP contribution in [-0.4, -0.2) is 25.2 Å². The van der Waals surface area contributed by atoms with Crippen LogP contribution in [0.15, 0.2) is 53.1 Å². The lowest BCUT2D eigenvalue weighted by Crippen LogP contribution is -1.97. The quantitative estimate of drug-likeness (QED) is 0.538. The third kappa shape index (κ3) is 3.31. The van der Waals surface area contributed by atoms with Crippen LogP contribution in [0, 0.1) is 0 Å². The van der Waals surface area contributed by atoms with Crippen molar-refractivity contribution in [2.45, 2.75) is 13.0 Å². The van der Waals surface area contributed by atoms with E-state index in [0.717, 1.165) is 16.1 Å². The summed E-state index contributed by atoms with van der Waals surface area (Å²) in [5.74, 6) is -0.580. The predicted molar refractivity (Wildman–Crippen MR) is 87.1 cm³/mol. The standard InChI is InChI=1S/C16H11F2N5OS/c17-14(18)16-21-20-15(24-16)13-7-6-11(25-13)8-23-9-12(19-22-23)10-4-2-1-3-5-10/h1-7,9,14H,8H2. The number of rotatable bonds is 5. The molecule has 0 fully saturated rings. The van der Waals surface area contributed by atoms with Crippen LogP contribution < -0.4 is 0 Å². The smallest absolute Gasteiger partial charge is 0.314 e. The normalized spacial score (nSPS) is 11.3. The van der Waals surface area contributed by atoms with Gasteiger partial charge in [0.2, 0.25) is 0 Å². The van der Waals surface area contributed by atoms with Crippen LogP contribution in [0.4, 0.5) is 8.78 Å². The predicted octanol–water partition coefficient (Wildman–Crippen LogP) is 4.04. The van der Waals surface area contributed by atoms with Crippen LogP contribution in [0.2, 0.25) is 0 Å². The zero-order valence-electron chi connectivity index (χ0n) is 12.7. The molecule has 0 aliphatic carbocycles. The molecule has 0 spiro atoms. The number of nitrogens with zero attached hydrogens (tertiary/aromatic N) is 5. The number of alkyl halides is 2. The van der Waals surface area contributed by atoms with Crippen LogP contribution in [-0.2, 0) is 6.54 Å². The fourth-order valence-electron chi connectivity index (χ4n) is 2.28. The zero-order valence-corrected chi connectivity index (χ0v) is 13.5. The first-order valence-corrected chi connectivity index (χ1v) is 8.17. The van der Waals surface area contributed by atoms with Crippen LogP contribution in [0.5, 0.6) is 0 Å². The van der Waals surface area contributed by atoms with Gasteiger partial charge in [0, 0.05) is 10.4 Å². The summed E-state index contributed by atoms with van der Waals surface area (Å²) >= 11 is 1.38. The molecule has 0 saturated heterocycles. The van der Waals surface area contributed by atoms with Crippen LogP contribution in [0.25, 0.3) is 22.0 Å². The number of benzene rings is 1. The fourth-order valence-corrected chi connectivity index (χ4v) is 3.20. The topological polar surface area (TPSA) is 69.6 Å². The molecule has 0 saturated carbocycles. The van der Waals surface area contributed by atoms with Crippen molar-refractivity contribution in [1.82, 2.24) is 25.2 Å². The highest BCUT2D eigenvalue weighted by Crippen LogP contribution is 2.29. The van der Waals surface area contributed by atoms with Gasteiger partial charge in [-0.25, -0.2) is 4.68 Å². The SMILES string of the molecule is FC(F)c1nnc(-c2ccc(Cn3cc(-c4ccccc4)nn3)s2)o1. The van der Waals surface area contributed by atoms with Crippen molar-refractivity contribution in [3.05, 3.63) is 59.4 Å². The Hall–Kier alpha value is -2.94. The van der Waals surface area contributed by atoms with Gasteiger partial charge < -0.3 is 4.42 Å². The first-order chi connectivity index (χ1) is 12.2. The highest BCUT2D eigenvalue weighted by Gasteiger charge is 2.18. The van der Waals surface area contributed by atoms with Crippen LogP contribution >= 0.6 is 11.3 Å². The van der Waals surface area contributed by atoms with Crippen molar-refractivity contribution in [3.63, 3.8) is 0 Å². The molecule has 6 nitrogen and oxygen atoms in total. The molecule has 0 bridgehead atoms. The highest BCUT2D eigenvalue weighted by molar-refractivity contribution is 7.15. The van der Waals surface area contributed by atoms with Crippen molar-refractivity contribution in [1.29, 1.82) is 0 Å². The van der Waals surface area contributed by atoms with Crippen molar-refractivity contribution in [3.8, 4) is 22.0 Å². The lowest BCUT2D eigenvalue weighted by Gasteiger charge is -1.96. The second-order valence-electron chi connectivity index (χ2n) is 5.18. The van der Waals surface area contributed by atoms with Gasteiger partial charge in [0.15, 0.2) is 0 Å². The Bertz CT molecular complexity index is 979. The monoisotopic (exact) mass is 359 g/mol. The lowest BCUT2D eigenvalue weighted by molar-refractivity contribution is 0.116. The summed E-state index contributed by atoms with van der Waals surface area (Å²) in [4.78, 5) is 1.61. The van der Waals surface area contributed by atoms with Gasteiger partial charge in [0.25, 0.3) is 11.8 Å². The summed E-state index contributed by atoms with van der Waals surface area (Å²) in [6, 6.07) is 13.4. The maximum absolute atomic E-state index is 12.5. The van der Waals surface area contributed by atoms with Gasteiger partial charge in [-0.05, 0) is 12.1 Å². The number of aromatic nitrogens is 5. The molecule has 0 radical (unpaired) electrons. The molecular formula is C16H11F2N5OS. The highest BCUT2D eigenvalue weighted by atomic mass is 32.1. The van der Waals surface area contributed by atoms with E-state index in [9.17, 15) is 8.78 Å². The van der Waals surface area contributed by atoms with Gasteiger partial charge in [-0.1, -0.05) is 35.5 Å². The third-order valence-corrected chi connectivity index (χ3v) is 4.48. The number of hydrogen-bond acceptors (Lipinski definition) is 6. The number of halogens is 2. The zero-order chi connectivity index (χ0) is 17.2. The van der Waals surface area contributed by atoms with E-state index in [1.54, 1.807) is 10.7 Å². The molecule has 0 N–H and O–H groups in total. The van der Waals surface area contributed by atoms with E-state index in [1.807, 2.05) is 42.6 Å². The Kier molecular flexibility index (Phi) is 4.06. The molecule has 0 aliphatic rings. The average Bonchev–Trinajstić information content (AvgIpc) is 3.36. The molecule has 126 valence electrons. The Morgan fingerprint density at radius 1 is 1.04 bits per heavy atom. The van der Waals surface area contributed by atoms with Crippen molar-refractivity contribution in [2.75, 3.05) is 0 Å². The fraction of sp³-hybridized carbons (Fsp3) is 0.125. The van der Waals surface area contributed by atoms with Gasteiger partial charge in [0.05, 0.1) is 17.6 Å². The average molecular weight is 359 g/mol. The van der Waals surface area contributed by atoms with Crippen molar-refractivity contribution >= 4 is 11.3 Å². The van der Waals surface area contributed by atoms with Crippen LogP contribution in [0.3, 0.4) is 0 Å². The second kappa shape index (κ2) is 6.52. The molecule has 3 heterocycles. The Balaban J connectivity index is 1.50. The van der Waals surface area contributed by atoms with E-state index < -0.39 is 12.3 Å².